The number of carbonyl (C=O) groups is 4. The number of nitrogens with two attached hydrogens (primary N) is 1. The van der Waals surface area contributed by atoms with Gasteiger partial charge in [0.25, 0.3) is 23.6 Å². The maximum atomic E-state index is 13.1. The molecule has 3 aromatic heterocycles. The predicted octanol–water partition coefficient (Wildman–Crippen LogP) is 2.83. The molecule has 0 aliphatic carbocycles. The number of nitrogens with one attached hydrogen (secondary N) is 4. The number of aliphatic hydroxyl groups excluding tert-OH is 1. The zero-order chi connectivity index (χ0) is 35.4. The summed E-state index contributed by atoms with van der Waals surface area (Å²) in [6, 6.07) is 14.9. The number of benzene rings is 2. The lowest BCUT2D eigenvalue weighted by Crippen LogP contribution is -2.41. The number of fused-ring (bicyclic) bond motifs is 1. The van der Waals surface area contributed by atoms with E-state index in [1.165, 1.54) is 4.57 Å². The molecule has 7 N–H and O–H groups in total. The summed E-state index contributed by atoms with van der Waals surface area (Å²) in [4.78, 5) is 62.3. The quantitative estimate of drug-likeness (QED) is 0.120. The Balaban J connectivity index is 1.01. The Morgan fingerprint density at radius 1 is 0.860 bits per heavy atom. The highest BCUT2D eigenvalue weighted by Gasteiger charge is 2.20. The lowest BCUT2D eigenvalue weighted by Gasteiger charge is -2.29. The molecule has 1 saturated heterocycles. The van der Waals surface area contributed by atoms with Crippen molar-refractivity contribution in [3.63, 3.8) is 0 Å². The molecule has 1 aliphatic heterocycles. The highest BCUT2D eigenvalue weighted by molar-refractivity contribution is 6.08. The summed E-state index contributed by atoms with van der Waals surface area (Å²) in [6.07, 6.45) is 5.97. The second-order valence-corrected chi connectivity index (χ2v) is 12.2. The number of aromatic nitrogens is 4. The minimum absolute atomic E-state index is 0.159. The molecule has 15 nitrogen and oxygen atoms in total. The molecule has 1 aliphatic rings. The van der Waals surface area contributed by atoms with Crippen LogP contribution in [0.2, 0.25) is 0 Å². The summed E-state index contributed by atoms with van der Waals surface area (Å²) in [5.41, 5.74) is 8.25. The van der Waals surface area contributed by atoms with Gasteiger partial charge in [0.05, 0.1) is 11.8 Å². The number of imidazole rings is 1. The van der Waals surface area contributed by atoms with Crippen molar-refractivity contribution in [2.24, 2.45) is 14.1 Å². The molecule has 50 heavy (non-hydrogen) atoms. The Hall–Kier alpha value is -6.06. The molecule has 4 heterocycles. The fourth-order valence-electron chi connectivity index (χ4n) is 5.75. The van der Waals surface area contributed by atoms with Crippen molar-refractivity contribution >= 4 is 57.3 Å². The number of carbonyl (C=O) groups excluding carboxylic acids is 4. The first kappa shape index (κ1) is 33.8. The van der Waals surface area contributed by atoms with Gasteiger partial charge in [0.15, 0.2) is 5.82 Å². The summed E-state index contributed by atoms with van der Waals surface area (Å²) < 4.78 is 3.12. The number of anilines is 4. The molecule has 0 saturated carbocycles. The zero-order valence-electron chi connectivity index (χ0n) is 27.6. The van der Waals surface area contributed by atoms with Gasteiger partial charge in [-0.25, -0.2) is 4.98 Å². The van der Waals surface area contributed by atoms with Crippen LogP contribution in [0.15, 0.2) is 73.2 Å². The van der Waals surface area contributed by atoms with Crippen LogP contribution in [0.25, 0.3) is 10.8 Å². The van der Waals surface area contributed by atoms with Crippen molar-refractivity contribution in [3.05, 3.63) is 96.0 Å². The highest BCUT2D eigenvalue weighted by Crippen LogP contribution is 2.22. The number of hydrogen-bond donors (Lipinski definition) is 6. The van der Waals surface area contributed by atoms with Crippen LogP contribution in [0, 0.1) is 0 Å². The third-order valence-corrected chi connectivity index (χ3v) is 8.52. The molecule has 0 unspecified atom stereocenters. The Labute approximate surface area is 287 Å². The average molecular weight is 679 g/mol. The van der Waals surface area contributed by atoms with Crippen LogP contribution in [0.1, 0.15) is 54.8 Å². The minimum Gasteiger partial charge on any atom is -0.398 e. The molecular weight excluding hydrogens is 640 g/mol. The van der Waals surface area contributed by atoms with E-state index in [4.69, 9.17) is 5.73 Å². The molecule has 258 valence electrons. The normalized spacial score (nSPS) is 13.6. The lowest BCUT2D eigenvalue weighted by molar-refractivity contribution is 0.0801. The van der Waals surface area contributed by atoms with E-state index in [-0.39, 0.29) is 29.3 Å². The van der Waals surface area contributed by atoms with Crippen LogP contribution in [0.5, 0.6) is 0 Å². The van der Waals surface area contributed by atoms with Crippen molar-refractivity contribution in [2.45, 2.75) is 18.9 Å². The first-order chi connectivity index (χ1) is 24.0. The average Bonchev–Trinajstić information content (AvgIpc) is 3.66. The topological polar surface area (TPSA) is 202 Å². The molecule has 0 spiro atoms. The molecule has 0 radical (unpaired) electrons. The zero-order valence-corrected chi connectivity index (χ0v) is 27.6. The smallest absolute Gasteiger partial charge is 0.287 e. The molecule has 0 bridgehead atoms. The predicted molar refractivity (Wildman–Crippen MR) is 189 cm³/mol. The van der Waals surface area contributed by atoms with E-state index in [1.807, 2.05) is 12.1 Å². The second-order valence-electron chi connectivity index (χ2n) is 12.2. The van der Waals surface area contributed by atoms with Gasteiger partial charge in [-0.1, -0.05) is 12.1 Å². The van der Waals surface area contributed by atoms with E-state index < -0.39 is 17.7 Å². The third-order valence-electron chi connectivity index (χ3n) is 8.52. The Morgan fingerprint density at radius 2 is 1.60 bits per heavy atom. The fraction of sp³-hybridized carbons (Fsp3) is 0.257. The van der Waals surface area contributed by atoms with E-state index in [9.17, 15) is 24.3 Å². The van der Waals surface area contributed by atoms with Crippen molar-refractivity contribution in [1.82, 2.24) is 29.3 Å². The van der Waals surface area contributed by atoms with Gasteiger partial charge in [-0.3, -0.25) is 24.2 Å². The molecule has 6 rings (SSSR count). The number of nitrogens with zero attached hydrogens (tertiary/aromatic N) is 5. The molecule has 15 heteroatoms. The van der Waals surface area contributed by atoms with Crippen molar-refractivity contribution in [1.29, 1.82) is 0 Å². The summed E-state index contributed by atoms with van der Waals surface area (Å²) in [5, 5.41) is 22.3. The molecule has 1 fully saturated rings. The van der Waals surface area contributed by atoms with Crippen molar-refractivity contribution < 1.29 is 24.3 Å². The van der Waals surface area contributed by atoms with Gasteiger partial charge in [-0.2, -0.15) is 0 Å². The highest BCUT2D eigenvalue weighted by atomic mass is 16.3. The Kier molecular flexibility index (Phi) is 9.87. The largest absolute Gasteiger partial charge is 0.398 e. The van der Waals surface area contributed by atoms with Gasteiger partial charge in [0.1, 0.15) is 11.4 Å². The third kappa shape index (κ3) is 7.80. The molecular formula is C35H38N10O5. The van der Waals surface area contributed by atoms with Gasteiger partial charge in [0.2, 0.25) is 5.82 Å². The number of piperidine rings is 1. The van der Waals surface area contributed by atoms with Gasteiger partial charge >= 0.3 is 0 Å². The van der Waals surface area contributed by atoms with Gasteiger partial charge in [-0.05, 0) is 55.3 Å². The number of pyridine rings is 1. The van der Waals surface area contributed by atoms with Crippen LogP contribution in [0.4, 0.5) is 22.9 Å². The summed E-state index contributed by atoms with van der Waals surface area (Å²) in [6.45, 7) is 2.70. The van der Waals surface area contributed by atoms with Crippen LogP contribution in [0.3, 0.4) is 0 Å². The van der Waals surface area contributed by atoms with E-state index in [0.29, 0.717) is 41.4 Å². The first-order valence-corrected chi connectivity index (χ1v) is 16.1. The Bertz CT molecular complexity index is 2060. The number of rotatable bonds is 10. The van der Waals surface area contributed by atoms with Crippen LogP contribution < -0.4 is 27.0 Å². The summed E-state index contributed by atoms with van der Waals surface area (Å²) in [5.74, 6) is -1.28. The molecule has 2 aromatic carbocycles. The fourth-order valence-corrected chi connectivity index (χ4v) is 5.75. The van der Waals surface area contributed by atoms with Gasteiger partial charge in [0, 0.05) is 86.6 Å². The van der Waals surface area contributed by atoms with Crippen molar-refractivity contribution in [3.8, 4) is 0 Å². The van der Waals surface area contributed by atoms with Crippen LogP contribution in [-0.4, -0.2) is 85.0 Å². The first-order valence-electron chi connectivity index (χ1n) is 16.1. The number of aryl methyl sites for hydroxylation is 2. The SMILES string of the molecule is Cn1cc(NC(=O)c2cc3c(N)cccc3cn2)cc1C(=O)Nc1ccc(C(=O)Nc2cn(C)c(C(=O)NCCN3CCC(O)CC3)n2)cc1. The Morgan fingerprint density at radius 3 is 2.36 bits per heavy atom. The summed E-state index contributed by atoms with van der Waals surface area (Å²) >= 11 is 0. The standard InChI is InChI=1S/C35H38N10O5/c1-43-19-24(40-33(48)28-17-26-22(18-38-28)4-3-5-27(26)36)16-29(43)34(49)39-23-8-6-21(7-9-23)32(47)42-30-20-44(2)31(41-30)35(50)37-12-15-45-13-10-25(46)11-14-45/h3-9,16-20,25,46H,10-15,36H2,1-2H3,(H,37,50)(H,39,49)(H,40,48)(H,42,47). The van der Waals surface area contributed by atoms with E-state index in [1.54, 1.807) is 79.7 Å². The van der Waals surface area contributed by atoms with E-state index in [0.717, 1.165) is 36.7 Å². The van der Waals surface area contributed by atoms with E-state index in [2.05, 4.69) is 36.1 Å². The number of nitrogen functional groups attached to an aromatic ring is 1. The van der Waals surface area contributed by atoms with Crippen LogP contribution >= 0.6 is 0 Å². The van der Waals surface area contributed by atoms with Gasteiger partial charge in [-0.15, -0.1) is 0 Å². The minimum atomic E-state index is -0.446. The van der Waals surface area contributed by atoms with E-state index >= 15 is 0 Å². The monoisotopic (exact) mass is 678 g/mol. The summed E-state index contributed by atoms with van der Waals surface area (Å²) in [7, 11) is 3.35. The lowest BCUT2D eigenvalue weighted by atomic mass is 10.1. The maximum Gasteiger partial charge on any atom is 0.287 e. The number of hydrogen-bond acceptors (Lipinski definition) is 9. The second kappa shape index (κ2) is 14.6. The maximum absolute atomic E-state index is 13.1. The number of likely N-dealkylation sites (tertiary alicyclic amines) is 1. The number of amides is 4. The van der Waals surface area contributed by atoms with Gasteiger partial charge < -0.3 is 46.1 Å². The van der Waals surface area contributed by atoms with Crippen LogP contribution in [-0.2, 0) is 14.1 Å². The molecule has 4 amide bonds. The number of aliphatic hydroxyl groups is 1. The molecule has 0 atom stereocenters. The molecule has 5 aromatic rings. The van der Waals surface area contributed by atoms with Crippen molar-refractivity contribution in [2.75, 3.05) is 47.9 Å².